The van der Waals surface area contributed by atoms with Gasteiger partial charge in [0.25, 0.3) is 0 Å². The van der Waals surface area contributed by atoms with Crippen molar-refractivity contribution in [2.75, 3.05) is 14.1 Å². The van der Waals surface area contributed by atoms with Gasteiger partial charge in [0.15, 0.2) is 0 Å². The summed E-state index contributed by atoms with van der Waals surface area (Å²) in [5, 5.41) is 9.17. The maximum Gasteiger partial charge on any atom is 0.224 e. The first-order valence-electron chi connectivity index (χ1n) is 4.00. The van der Waals surface area contributed by atoms with Crippen molar-refractivity contribution in [3.8, 4) is 0 Å². The van der Waals surface area contributed by atoms with Crippen LogP contribution in [0.3, 0.4) is 0 Å². The first-order chi connectivity index (χ1) is 5.49. The van der Waals surface area contributed by atoms with E-state index in [1.165, 1.54) is 11.0 Å². The third-order valence-corrected chi connectivity index (χ3v) is 1.73. The second-order valence-electron chi connectivity index (χ2n) is 3.17. The van der Waals surface area contributed by atoms with Crippen LogP contribution in [0.1, 0.15) is 13.3 Å². The average molecular weight is 171 g/mol. The lowest BCUT2D eigenvalue weighted by atomic mass is 10.0. The standard InChI is InChI=1S/C9H17NO2/c1-5-8(11)6-7(2)9(12)10(3)4/h5,7-8,11H,1,6H2,2-4H3/t7-,8-/m1/s1. The minimum absolute atomic E-state index is 0.0379. The fourth-order valence-corrected chi connectivity index (χ4v) is 1.00. The van der Waals surface area contributed by atoms with E-state index in [2.05, 4.69) is 6.58 Å². The maximum atomic E-state index is 11.3. The third kappa shape index (κ3) is 3.53. The quantitative estimate of drug-likeness (QED) is 0.631. The van der Waals surface area contributed by atoms with Gasteiger partial charge in [0.05, 0.1) is 6.10 Å². The van der Waals surface area contributed by atoms with Crippen LogP contribution in [0.15, 0.2) is 12.7 Å². The summed E-state index contributed by atoms with van der Waals surface area (Å²) in [5.74, 6) is -0.108. The minimum atomic E-state index is -0.580. The zero-order valence-electron chi connectivity index (χ0n) is 7.95. The van der Waals surface area contributed by atoms with Gasteiger partial charge < -0.3 is 10.0 Å². The summed E-state index contributed by atoms with van der Waals surface area (Å²) in [7, 11) is 3.41. The van der Waals surface area contributed by atoms with Gasteiger partial charge >= 0.3 is 0 Å². The minimum Gasteiger partial charge on any atom is -0.389 e. The molecule has 0 fully saturated rings. The van der Waals surface area contributed by atoms with Crippen molar-refractivity contribution in [3.63, 3.8) is 0 Å². The van der Waals surface area contributed by atoms with Crippen molar-refractivity contribution in [2.45, 2.75) is 19.4 Å². The number of hydrogen-bond acceptors (Lipinski definition) is 2. The number of hydrogen-bond donors (Lipinski definition) is 1. The summed E-state index contributed by atoms with van der Waals surface area (Å²) >= 11 is 0. The predicted molar refractivity (Wildman–Crippen MR) is 48.7 cm³/mol. The fourth-order valence-electron chi connectivity index (χ4n) is 1.00. The third-order valence-electron chi connectivity index (χ3n) is 1.73. The molecule has 0 aliphatic carbocycles. The van der Waals surface area contributed by atoms with Crippen LogP contribution in [0.4, 0.5) is 0 Å². The zero-order chi connectivity index (χ0) is 9.72. The zero-order valence-corrected chi connectivity index (χ0v) is 7.95. The molecule has 1 amide bonds. The molecule has 0 aromatic heterocycles. The molecule has 12 heavy (non-hydrogen) atoms. The Labute approximate surface area is 73.7 Å². The van der Waals surface area contributed by atoms with Gasteiger partial charge in [-0.15, -0.1) is 6.58 Å². The van der Waals surface area contributed by atoms with E-state index < -0.39 is 6.10 Å². The summed E-state index contributed by atoms with van der Waals surface area (Å²) in [5.41, 5.74) is 0. The first kappa shape index (κ1) is 11.2. The molecule has 0 saturated heterocycles. The Morgan fingerprint density at radius 1 is 1.67 bits per heavy atom. The van der Waals surface area contributed by atoms with E-state index in [0.29, 0.717) is 6.42 Å². The number of nitrogens with zero attached hydrogens (tertiary/aromatic N) is 1. The number of carbonyl (C=O) groups excluding carboxylic acids is 1. The molecule has 0 rings (SSSR count). The van der Waals surface area contributed by atoms with Gasteiger partial charge in [-0.1, -0.05) is 13.0 Å². The van der Waals surface area contributed by atoms with Crippen molar-refractivity contribution in [1.82, 2.24) is 4.90 Å². The average Bonchev–Trinajstić information content (AvgIpc) is 2.02. The summed E-state index contributed by atoms with van der Waals surface area (Å²) in [6, 6.07) is 0. The molecular formula is C9H17NO2. The molecule has 0 spiro atoms. The van der Waals surface area contributed by atoms with E-state index in [1.54, 1.807) is 21.0 Å². The molecule has 0 aromatic carbocycles. The van der Waals surface area contributed by atoms with Crippen LogP contribution in [-0.2, 0) is 4.79 Å². The van der Waals surface area contributed by atoms with Crippen molar-refractivity contribution < 1.29 is 9.90 Å². The van der Waals surface area contributed by atoms with Gasteiger partial charge in [-0.25, -0.2) is 0 Å². The van der Waals surface area contributed by atoms with Gasteiger partial charge in [0.1, 0.15) is 0 Å². The topological polar surface area (TPSA) is 40.5 Å². The summed E-state index contributed by atoms with van der Waals surface area (Å²) in [4.78, 5) is 12.8. The normalized spacial score (nSPS) is 15.0. The predicted octanol–water partition coefficient (Wildman–Crippen LogP) is 0.648. The second-order valence-corrected chi connectivity index (χ2v) is 3.17. The van der Waals surface area contributed by atoms with E-state index in [4.69, 9.17) is 0 Å². The molecule has 0 aliphatic heterocycles. The molecule has 3 heteroatoms. The maximum absolute atomic E-state index is 11.3. The first-order valence-corrected chi connectivity index (χ1v) is 4.00. The van der Waals surface area contributed by atoms with Crippen LogP contribution >= 0.6 is 0 Å². The summed E-state index contributed by atoms with van der Waals surface area (Å²) in [6.45, 7) is 5.24. The summed E-state index contributed by atoms with van der Waals surface area (Å²) < 4.78 is 0. The number of aliphatic hydroxyl groups is 1. The molecule has 0 unspecified atom stereocenters. The SMILES string of the molecule is C=C[C@@H](O)C[C@@H](C)C(=O)N(C)C. The Balaban J connectivity index is 3.94. The van der Waals surface area contributed by atoms with Gasteiger partial charge in [-0.3, -0.25) is 4.79 Å². The highest BCUT2D eigenvalue weighted by Gasteiger charge is 2.16. The Morgan fingerprint density at radius 2 is 2.17 bits per heavy atom. The van der Waals surface area contributed by atoms with Crippen LogP contribution in [-0.4, -0.2) is 36.1 Å². The molecule has 0 radical (unpaired) electrons. The van der Waals surface area contributed by atoms with E-state index in [0.717, 1.165) is 0 Å². The van der Waals surface area contributed by atoms with Crippen LogP contribution < -0.4 is 0 Å². The molecule has 0 aromatic rings. The second kappa shape index (κ2) is 4.93. The lowest BCUT2D eigenvalue weighted by Gasteiger charge is -2.17. The lowest BCUT2D eigenvalue weighted by molar-refractivity contribution is -0.133. The Hall–Kier alpha value is -0.830. The largest absolute Gasteiger partial charge is 0.389 e. The molecule has 70 valence electrons. The highest BCUT2D eigenvalue weighted by Crippen LogP contribution is 2.08. The highest BCUT2D eigenvalue weighted by atomic mass is 16.3. The van der Waals surface area contributed by atoms with E-state index in [1.807, 2.05) is 0 Å². The number of rotatable bonds is 4. The van der Waals surface area contributed by atoms with Crippen molar-refractivity contribution in [3.05, 3.63) is 12.7 Å². The van der Waals surface area contributed by atoms with Crippen LogP contribution in [0.5, 0.6) is 0 Å². The molecule has 0 heterocycles. The molecule has 3 nitrogen and oxygen atoms in total. The molecule has 0 bridgehead atoms. The van der Waals surface area contributed by atoms with Crippen molar-refractivity contribution in [2.24, 2.45) is 5.92 Å². The van der Waals surface area contributed by atoms with Gasteiger partial charge in [0.2, 0.25) is 5.91 Å². The monoisotopic (exact) mass is 171 g/mol. The molecule has 0 aliphatic rings. The molecular weight excluding hydrogens is 154 g/mol. The number of aliphatic hydroxyl groups excluding tert-OH is 1. The van der Waals surface area contributed by atoms with E-state index in [-0.39, 0.29) is 11.8 Å². The summed E-state index contributed by atoms with van der Waals surface area (Å²) in [6.07, 6.45) is 1.31. The number of carbonyl (C=O) groups is 1. The van der Waals surface area contributed by atoms with Gasteiger partial charge in [-0.05, 0) is 6.42 Å². The van der Waals surface area contributed by atoms with Crippen molar-refractivity contribution >= 4 is 5.91 Å². The van der Waals surface area contributed by atoms with Crippen LogP contribution in [0.2, 0.25) is 0 Å². The van der Waals surface area contributed by atoms with Crippen LogP contribution in [0, 0.1) is 5.92 Å². The van der Waals surface area contributed by atoms with E-state index >= 15 is 0 Å². The Bertz CT molecular complexity index is 166. The van der Waals surface area contributed by atoms with Gasteiger partial charge in [-0.2, -0.15) is 0 Å². The Morgan fingerprint density at radius 3 is 2.50 bits per heavy atom. The fraction of sp³-hybridized carbons (Fsp3) is 0.667. The molecule has 1 N–H and O–H groups in total. The smallest absolute Gasteiger partial charge is 0.224 e. The highest BCUT2D eigenvalue weighted by molar-refractivity contribution is 5.77. The molecule has 2 atom stereocenters. The van der Waals surface area contributed by atoms with Gasteiger partial charge in [0, 0.05) is 20.0 Å². The van der Waals surface area contributed by atoms with Crippen LogP contribution in [0.25, 0.3) is 0 Å². The Kier molecular flexibility index (Phi) is 4.59. The number of amides is 1. The van der Waals surface area contributed by atoms with E-state index in [9.17, 15) is 9.90 Å². The molecule has 0 saturated carbocycles. The lowest BCUT2D eigenvalue weighted by Crippen LogP contribution is -2.29. The van der Waals surface area contributed by atoms with Crippen molar-refractivity contribution in [1.29, 1.82) is 0 Å².